The Morgan fingerprint density at radius 3 is 2.44 bits per heavy atom. The van der Waals surface area contributed by atoms with Crippen LogP contribution in [0.15, 0.2) is 58.2 Å². The Morgan fingerprint density at radius 2 is 1.81 bits per heavy atom. The van der Waals surface area contributed by atoms with Gasteiger partial charge < -0.3 is 9.88 Å². The van der Waals surface area contributed by atoms with Crippen molar-refractivity contribution < 1.29 is 9.59 Å². The minimum atomic E-state index is -0.299. The van der Waals surface area contributed by atoms with Gasteiger partial charge in [0, 0.05) is 22.1 Å². The molecule has 0 aliphatic heterocycles. The summed E-state index contributed by atoms with van der Waals surface area (Å²) in [5, 5.41) is 12.5. The molecule has 0 aliphatic rings. The van der Waals surface area contributed by atoms with Gasteiger partial charge in [0.05, 0.1) is 11.8 Å². The Labute approximate surface area is 201 Å². The van der Waals surface area contributed by atoms with E-state index in [1.807, 2.05) is 62.6 Å². The van der Waals surface area contributed by atoms with E-state index in [0.717, 1.165) is 10.0 Å². The third-order valence-electron chi connectivity index (χ3n) is 5.07. The summed E-state index contributed by atoms with van der Waals surface area (Å²) in [6.45, 7) is 8.69. The Kier molecular flexibility index (Phi) is 8.26. The monoisotopic (exact) mass is 514 g/mol. The van der Waals surface area contributed by atoms with Gasteiger partial charge in [-0.05, 0) is 44.0 Å². The first-order valence-electron chi connectivity index (χ1n) is 10.5. The lowest BCUT2D eigenvalue weighted by molar-refractivity contribution is 0.0921. The van der Waals surface area contributed by atoms with E-state index in [1.165, 1.54) is 11.8 Å². The number of amides is 1. The van der Waals surface area contributed by atoms with Crippen LogP contribution in [0, 0.1) is 12.8 Å². The molecule has 0 aliphatic carbocycles. The third-order valence-corrected chi connectivity index (χ3v) is 6.57. The van der Waals surface area contributed by atoms with Gasteiger partial charge in [0.2, 0.25) is 0 Å². The number of benzene rings is 2. The molecule has 3 aromatic rings. The molecule has 0 saturated carbocycles. The summed E-state index contributed by atoms with van der Waals surface area (Å²) >= 11 is 4.75. The number of hydrogen-bond donors (Lipinski definition) is 1. The Bertz CT molecular complexity index is 1100. The molecule has 32 heavy (non-hydrogen) atoms. The van der Waals surface area contributed by atoms with Crippen molar-refractivity contribution in [2.24, 2.45) is 5.92 Å². The quantitative estimate of drug-likeness (QED) is 0.302. The zero-order valence-electron chi connectivity index (χ0n) is 18.6. The van der Waals surface area contributed by atoms with E-state index >= 15 is 0 Å². The molecule has 1 N–H and O–H groups in total. The topological polar surface area (TPSA) is 76.9 Å². The molecule has 0 unspecified atom stereocenters. The van der Waals surface area contributed by atoms with E-state index in [4.69, 9.17) is 0 Å². The van der Waals surface area contributed by atoms with Gasteiger partial charge in [0.25, 0.3) is 5.91 Å². The maximum Gasteiger partial charge on any atom is 0.251 e. The minimum Gasteiger partial charge on any atom is -0.342 e. The van der Waals surface area contributed by atoms with Crippen molar-refractivity contribution in [1.82, 2.24) is 20.1 Å². The van der Waals surface area contributed by atoms with E-state index in [0.29, 0.717) is 28.7 Å². The highest BCUT2D eigenvalue weighted by Gasteiger charge is 2.26. The molecule has 0 spiro atoms. The number of carbonyl (C=O) groups excluding carboxylic acids is 2. The van der Waals surface area contributed by atoms with Crippen molar-refractivity contribution in [3.05, 3.63) is 75.5 Å². The molecule has 6 nitrogen and oxygen atoms in total. The third kappa shape index (κ3) is 5.86. The molecule has 1 amide bonds. The van der Waals surface area contributed by atoms with Crippen LogP contribution in [0.4, 0.5) is 0 Å². The van der Waals surface area contributed by atoms with Crippen LogP contribution < -0.4 is 5.32 Å². The molecule has 1 aromatic heterocycles. The molecule has 1 atom stereocenters. The maximum atomic E-state index is 12.9. The van der Waals surface area contributed by atoms with Crippen LogP contribution in [0.3, 0.4) is 0 Å². The molecule has 168 valence electrons. The van der Waals surface area contributed by atoms with Crippen LogP contribution in [0.2, 0.25) is 0 Å². The molecule has 0 fully saturated rings. The van der Waals surface area contributed by atoms with E-state index in [9.17, 15) is 9.59 Å². The number of hydrogen-bond acceptors (Lipinski definition) is 5. The number of aromatic nitrogens is 3. The van der Waals surface area contributed by atoms with Gasteiger partial charge in [-0.25, -0.2) is 0 Å². The summed E-state index contributed by atoms with van der Waals surface area (Å²) in [6.07, 6.45) is 0. The zero-order chi connectivity index (χ0) is 23.3. The number of rotatable bonds is 9. The lowest BCUT2D eigenvalue weighted by atomic mass is 10.0. The molecule has 0 bridgehead atoms. The number of aryl methyl sites for hydroxylation is 1. The van der Waals surface area contributed by atoms with Gasteiger partial charge in [-0.2, -0.15) is 0 Å². The largest absolute Gasteiger partial charge is 0.342 e. The Hall–Kier alpha value is -2.45. The molecule has 1 heterocycles. The lowest BCUT2D eigenvalue weighted by Gasteiger charge is -2.22. The predicted molar refractivity (Wildman–Crippen MR) is 131 cm³/mol. The molecule has 0 radical (unpaired) electrons. The lowest BCUT2D eigenvalue weighted by Crippen LogP contribution is -2.33. The second kappa shape index (κ2) is 10.9. The normalized spacial score (nSPS) is 12.1. The van der Waals surface area contributed by atoms with Gasteiger partial charge >= 0.3 is 0 Å². The average Bonchev–Trinajstić information content (AvgIpc) is 3.18. The van der Waals surface area contributed by atoms with Crippen LogP contribution in [0.5, 0.6) is 0 Å². The van der Waals surface area contributed by atoms with Crippen molar-refractivity contribution in [2.75, 3.05) is 5.75 Å². The van der Waals surface area contributed by atoms with Gasteiger partial charge in [-0.1, -0.05) is 71.4 Å². The molecular weight excluding hydrogens is 488 g/mol. The fourth-order valence-corrected chi connectivity index (χ4v) is 4.49. The van der Waals surface area contributed by atoms with Crippen molar-refractivity contribution >= 4 is 39.4 Å². The van der Waals surface area contributed by atoms with Gasteiger partial charge in [-0.3, -0.25) is 9.59 Å². The smallest absolute Gasteiger partial charge is 0.251 e. The fourth-order valence-electron chi connectivity index (χ4n) is 3.32. The van der Waals surface area contributed by atoms with E-state index in [2.05, 4.69) is 31.4 Å². The SMILES string of the molecule is CCn1c(SCC(=O)c2ccc(Br)cc2)nnc1[C@H](NC(=O)c1cccc(C)c1)C(C)C. The number of carbonyl (C=O) groups is 2. The zero-order valence-corrected chi connectivity index (χ0v) is 21.0. The summed E-state index contributed by atoms with van der Waals surface area (Å²) < 4.78 is 2.91. The Morgan fingerprint density at radius 1 is 1.09 bits per heavy atom. The number of Topliss-reactive ketones (excluding diaryl/α,β-unsaturated/α-hetero) is 1. The summed E-state index contributed by atoms with van der Waals surface area (Å²) in [5.41, 5.74) is 2.31. The van der Waals surface area contributed by atoms with Crippen LogP contribution >= 0.6 is 27.7 Å². The van der Waals surface area contributed by atoms with Crippen LogP contribution in [-0.2, 0) is 6.54 Å². The van der Waals surface area contributed by atoms with Gasteiger partial charge in [-0.15, -0.1) is 10.2 Å². The van der Waals surface area contributed by atoms with E-state index in [1.54, 1.807) is 18.2 Å². The predicted octanol–water partition coefficient (Wildman–Crippen LogP) is 5.47. The first kappa shape index (κ1) is 24.2. The summed E-state index contributed by atoms with van der Waals surface area (Å²) in [6, 6.07) is 14.5. The molecule has 8 heteroatoms. The molecular formula is C24H27BrN4O2S. The van der Waals surface area contributed by atoms with Crippen molar-refractivity contribution in [3.63, 3.8) is 0 Å². The standard InChI is InChI=1S/C24H27BrN4O2S/c1-5-29-22(21(15(2)3)26-23(31)18-8-6-7-16(4)13-18)27-28-24(29)32-14-20(30)17-9-11-19(25)12-10-17/h6-13,15,21H,5,14H2,1-4H3,(H,26,31)/t21-/m1/s1. The number of nitrogens with zero attached hydrogens (tertiary/aromatic N) is 3. The molecule has 3 rings (SSSR count). The first-order chi connectivity index (χ1) is 15.3. The van der Waals surface area contributed by atoms with Crippen LogP contribution in [0.1, 0.15) is 58.9 Å². The van der Waals surface area contributed by atoms with Gasteiger partial charge in [0.15, 0.2) is 16.8 Å². The number of nitrogens with one attached hydrogen (secondary N) is 1. The number of ketones is 1. The highest BCUT2D eigenvalue weighted by Crippen LogP contribution is 2.26. The fraction of sp³-hybridized carbons (Fsp3) is 0.333. The second-order valence-corrected chi connectivity index (χ2v) is 9.73. The number of halogens is 1. The average molecular weight is 515 g/mol. The highest BCUT2D eigenvalue weighted by atomic mass is 79.9. The summed E-state index contributed by atoms with van der Waals surface area (Å²) in [4.78, 5) is 25.4. The maximum absolute atomic E-state index is 12.9. The summed E-state index contributed by atoms with van der Waals surface area (Å²) in [7, 11) is 0. The van der Waals surface area contributed by atoms with Crippen molar-refractivity contribution in [1.29, 1.82) is 0 Å². The Balaban J connectivity index is 1.76. The first-order valence-corrected chi connectivity index (χ1v) is 12.3. The van der Waals surface area contributed by atoms with Crippen LogP contribution in [0.25, 0.3) is 0 Å². The minimum absolute atomic E-state index is 0.0304. The highest BCUT2D eigenvalue weighted by molar-refractivity contribution is 9.10. The van der Waals surface area contributed by atoms with E-state index in [-0.39, 0.29) is 29.4 Å². The van der Waals surface area contributed by atoms with Gasteiger partial charge in [0.1, 0.15) is 0 Å². The molecule has 2 aromatic carbocycles. The second-order valence-electron chi connectivity index (χ2n) is 7.87. The summed E-state index contributed by atoms with van der Waals surface area (Å²) in [5.74, 6) is 0.963. The van der Waals surface area contributed by atoms with Crippen molar-refractivity contribution in [2.45, 2.75) is 45.4 Å². The number of thioether (sulfide) groups is 1. The van der Waals surface area contributed by atoms with E-state index < -0.39 is 0 Å². The van der Waals surface area contributed by atoms with Crippen molar-refractivity contribution in [3.8, 4) is 0 Å². The van der Waals surface area contributed by atoms with Crippen LogP contribution in [-0.4, -0.2) is 32.2 Å². The molecule has 0 saturated heterocycles.